The Kier molecular flexibility index (Phi) is 3.83. The lowest BCUT2D eigenvalue weighted by molar-refractivity contribution is 0.387. The van der Waals surface area contributed by atoms with Crippen LogP contribution in [0.5, 0.6) is 5.75 Å². The molecule has 0 fully saturated rings. The highest BCUT2D eigenvalue weighted by molar-refractivity contribution is 5.90. The maximum Gasteiger partial charge on any atom is 0.167 e. The summed E-state index contributed by atoms with van der Waals surface area (Å²) in [5.74, 6) is 0.941. The number of fused-ring (bicyclic) bond motifs is 1. The lowest BCUT2D eigenvalue weighted by Crippen LogP contribution is -2.22. The van der Waals surface area contributed by atoms with Gasteiger partial charge in [0.2, 0.25) is 0 Å². The summed E-state index contributed by atoms with van der Waals surface area (Å²) in [5.41, 5.74) is 0.562. The zero-order valence-corrected chi connectivity index (χ0v) is 11.6. The molecule has 1 aromatic carbocycles. The number of nitrogens with zero attached hydrogens (tertiary/aromatic N) is 2. The molecule has 0 amide bonds. The number of hydrogen-bond acceptors (Lipinski definition) is 4. The molecule has 5 heteroatoms. The average Bonchev–Trinajstić information content (AvgIpc) is 2.38. The van der Waals surface area contributed by atoms with Crippen molar-refractivity contribution in [1.29, 1.82) is 0 Å². The predicted molar refractivity (Wildman–Crippen MR) is 74.0 cm³/mol. The second-order valence-corrected chi connectivity index (χ2v) is 4.90. The first kappa shape index (κ1) is 13.5. The first-order valence-corrected chi connectivity index (χ1v) is 6.27. The number of methoxy groups -OCH3 is 1. The van der Waals surface area contributed by atoms with Gasteiger partial charge in [-0.15, -0.1) is 0 Å². The highest BCUT2D eigenvalue weighted by atomic mass is 19.1. The molecular formula is C14H18FN3O. The van der Waals surface area contributed by atoms with E-state index in [-0.39, 0.29) is 11.8 Å². The molecule has 2 rings (SSSR count). The van der Waals surface area contributed by atoms with Crippen LogP contribution < -0.4 is 10.1 Å². The van der Waals surface area contributed by atoms with Crippen LogP contribution in [0.3, 0.4) is 0 Å². The fourth-order valence-electron chi connectivity index (χ4n) is 1.71. The topological polar surface area (TPSA) is 47.0 Å². The minimum atomic E-state index is -0.420. The number of nitrogens with one attached hydrogen (secondary N) is 1. The molecule has 4 nitrogen and oxygen atoms in total. The van der Waals surface area contributed by atoms with Gasteiger partial charge in [0.25, 0.3) is 0 Å². The summed E-state index contributed by atoms with van der Waals surface area (Å²) in [6.45, 7) is 6.34. The Bertz CT molecular complexity index is 586. The number of rotatable bonds is 4. The minimum Gasteiger partial charge on any atom is -0.494 e. The van der Waals surface area contributed by atoms with Crippen LogP contribution in [0.15, 0.2) is 18.5 Å². The predicted octanol–water partition coefficient (Wildman–Crippen LogP) is 3.23. The standard InChI is InChI=1S/C14H18FN3O/c1-8(2)9(3)18-14-10-5-13(19-4)11(15)6-12(10)16-7-17-14/h5-9H,1-4H3,(H,16,17,18). The maximum atomic E-state index is 13.6. The average molecular weight is 263 g/mol. The van der Waals surface area contributed by atoms with E-state index in [1.807, 2.05) is 0 Å². The highest BCUT2D eigenvalue weighted by Gasteiger charge is 2.13. The Labute approximate surface area is 112 Å². The SMILES string of the molecule is COc1cc2c(NC(C)C(C)C)ncnc2cc1F. The molecule has 0 saturated carbocycles. The monoisotopic (exact) mass is 263 g/mol. The molecule has 1 heterocycles. The van der Waals surface area contributed by atoms with Gasteiger partial charge in [0.1, 0.15) is 12.1 Å². The summed E-state index contributed by atoms with van der Waals surface area (Å²) < 4.78 is 18.6. The third-order valence-corrected chi connectivity index (χ3v) is 3.27. The number of hydrogen-bond donors (Lipinski definition) is 1. The van der Waals surface area contributed by atoms with E-state index in [1.165, 1.54) is 19.5 Å². The smallest absolute Gasteiger partial charge is 0.167 e. The minimum absolute atomic E-state index is 0.197. The van der Waals surface area contributed by atoms with Crippen molar-refractivity contribution in [1.82, 2.24) is 9.97 Å². The van der Waals surface area contributed by atoms with Crippen molar-refractivity contribution in [2.45, 2.75) is 26.8 Å². The van der Waals surface area contributed by atoms with Crippen LogP contribution in [0.25, 0.3) is 10.9 Å². The normalized spacial score (nSPS) is 12.7. The molecular weight excluding hydrogens is 245 g/mol. The summed E-state index contributed by atoms with van der Waals surface area (Å²) in [7, 11) is 1.44. The van der Waals surface area contributed by atoms with E-state index in [1.54, 1.807) is 6.07 Å². The Morgan fingerprint density at radius 1 is 1.21 bits per heavy atom. The Morgan fingerprint density at radius 2 is 1.95 bits per heavy atom. The number of halogens is 1. The Balaban J connectivity index is 2.49. The number of anilines is 1. The second kappa shape index (κ2) is 5.38. The lowest BCUT2D eigenvalue weighted by Gasteiger charge is -2.19. The van der Waals surface area contributed by atoms with Gasteiger partial charge in [0.05, 0.1) is 12.6 Å². The molecule has 0 bridgehead atoms. The molecule has 102 valence electrons. The van der Waals surface area contributed by atoms with Crippen molar-refractivity contribution < 1.29 is 9.13 Å². The quantitative estimate of drug-likeness (QED) is 0.920. The van der Waals surface area contributed by atoms with Crippen LogP contribution >= 0.6 is 0 Å². The summed E-state index contributed by atoms with van der Waals surface area (Å²) in [6.07, 6.45) is 1.43. The van der Waals surface area contributed by atoms with E-state index in [2.05, 4.69) is 36.1 Å². The summed E-state index contributed by atoms with van der Waals surface area (Å²) in [5, 5.41) is 4.08. The third-order valence-electron chi connectivity index (χ3n) is 3.27. The molecule has 0 saturated heterocycles. The van der Waals surface area contributed by atoms with E-state index >= 15 is 0 Å². The van der Waals surface area contributed by atoms with Gasteiger partial charge >= 0.3 is 0 Å². The number of ether oxygens (including phenoxy) is 1. The fourth-order valence-corrected chi connectivity index (χ4v) is 1.71. The van der Waals surface area contributed by atoms with Crippen LogP contribution in [-0.2, 0) is 0 Å². The van der Waals surface area contributed by atoms with E-state index in [9.17, 15) is 4.39 Å². The molecule has 2 aromatic rings. The summed E-state index contributed by atoms with van der Waals surface area (Å²) >= 11 is 0. The second-order valence-electron chi connectivity index (χ2n) is 4.90. The van der Waals surface area contributed by atoms with E-state index in [0.717, 1.165) is 5.39 Å². The van der Waals surface area contributed by atoms with Crippen molar-refractivity contribution in [2.75, 3.05) is 12.4 Å². The zero-order valence-electron chi connectivity index (χ0n) is 11.6. The van der Waals surface area contributed by atoms with Gasteiger partial charge in [0, 0.05) is 17.5 Å². The van der Waals surface area contributed by atoms with Crippen LogP contribution in [0, 0.1) is 11.7 Å². The summed E-state index contributed by atoms with van der Waals surface area (Å²) in [6, 6.07) is 3.25. The zero-order chi connectivity index (χ0) is 14.0. The molecule has 19 heavy (non-hydrogen) atoms. The Morgan fingerprint density at radius 3 is 2.58 bits per heavy atom. The van der Waals surface area contributed by atoms with Crippen LogP contribution in [0.1, 0.15) is 20.8 Å². The molecule has 1 unspecified atom stereocenters. The Hall–Kier alpha value is -1.91. The van der Waals surface area contributed by atoms with E-state index < -0.39 is 5.82 Å². The fraction of sp³-hybridized carbons (Fsp3) is 0.429. The molecule has 0 aliphatic heterocycles. The van der Waals surface area contributed by atoms with Crippen LogP contribution in [0.4, 0.5) is 10.2 Å². The molecule has 0 aliphatic rings. The van der Waals surface area contributed by atoms with E-state index in [0.29, 0.717) is 17.3 Å². The highest BCUT2D eigenvalue weighted by Crippen LogP contribution is 2.27. The van der Waals surface area contributed by atoms with Crippen molar-refractivity contribution in [3.63, 3.8) is 0 Å². The third kappa shape index (κ3) is 2.75. The molecule has 1 aromatic heterocycles. The van der Waals surface area contributed by atoms with Gasteiger partial charge in [-0.3, -0.25) is 0 Å². The maximum absolute atomic E-state index is 13.6. The largest absolute Gasteiger partial charge is 0.494 e. The molecule has 0 radical (unpaired) electrons. The van der Waals surface area contributed by atoms with Crippen LogP contribution in [-0.4, -0.2) is 23.1 Å². The van der Waals surface area contributed by atoms with Gasteiger partial charge in [-0.1, -0.05) is 13.8 Å². The van der Waals surface area contributed by atoms with Gasteiger partial charge in [-0.2, -0.15) is 0 Å². The van der Waals surface area contributed by atoms with E-state index in [4.69, 9.17) is 4.74 Å². The van der Waals surface area contributed by atoms with Crippen molar-refractivity contribution in [3.05, 3.63) is 24.3 Å². The molecule has 1 atom stereocenters. The first-order chi connectivity index (χ1) is 9.02. The van der Waals surface area contributed by atoms with Crippen molar-refractivity contribution in [3.8, 4) is 5.75 Å². The summed E-state index contributed by atoms with van der Waals surface area (Å²) in [4.78, 5) is 8.32. The molecule has 1 N–H and O–H groups in total. The number of benzene rings is 1. The van der Waals surface area contributed by atoms with Gasteiger partial charge < -0.3 is 10.1 Å². The van der Waals surface area contributed by atoms with Crippen LogP contribution in [0.2, 0.25) is 0 Å². The molecule has 0 spiro atoms. The molecule has 0 aliphatic carbocycles. The lowest BCUT2D eigenvalue weighted by atomic mass is 10.1. The van der Waals surface area contributed by atoms with Gasteiger partial charge in [0.15, 0.2) is 11.6 Å². The number of aromatic nitrogens is 2. The van der Waals surface area contributed by atoms with Crippen molar-refractivity contribution >= 4 is 16.7 Å². The first-order valence-electron chi connectivity index (χ1n) is 6.27. The van der Waals surface area contributed by atoms with Gasteiger partial charge in [-0.25, -0.2) is 14.4 Å². The van der Waals surface area contributed by atoms with Crippen molar-refractivity contribution in [2.24, 2.45) is 5.92 Å². The van der Waals surface area contributed by atoms with Gasteiger partial charge in [-0.05, 0) is 18.9 Å².